The fraction of sp³-hybridized carbons (Fsp3) is 0.467. The molecule has 1 aliphatic rings. The van der Waals surface area contributed by atoms with E-state index in [0.717, 1.165) is 14.9 Å². The summed E-state index contributed by atoms with van der Waals surface area (Å²) in [5.41, 5.74) is 0.825. The summed E-state index contributed by atoms with van der Waals surface area (Å²) in [4.78, 5) is 24.6. The summed E-state index contributed by atoms with van der Waals surface area (Å²) < 4.78 is 31.1. The number of amides is 1. The summed E-state index contributed by atoms with van der Waals surface area (Å²) in [6.45, 7) is 1.95. The van der Waals surface area contributed by atoms with E-state index in [1.807, 2.05) is 24.3 Å². The van der Waals surface area contributed by atoms with Crippen LogP contribution in [0.2, 0.25) is 0 Å². The first-order valence-electron chi connectivity index (χ1n) is 6.93. The first kappa shape index (κ1) is 16.9. The molecule has 1 aromatic rings. The molecule has 2 rings (SSSR count). The van der Waals surface area contributed by atoms with E-state index in [0.29, 0.717) is 0 Å². The van der Waals surface area contributed by atoms with E-state index < -0.39 is 24.2 Å². The zero-order valence-electron chi connectivity index (χ0n) is 12.0. The van der Waals surface area contributed by atoms with Crippen LogP contribution in [0.1, 0.15) is 18.4 Å². The second kappa shape index (κ2) is 7.17. The van der Waals surface area contributed by atoms with Crippen LogP contribution in [-0.4, -0.2) is 42.9 Å². The Balaban J connectivity index is 2.25. The average molecular weight is 376 g/mol. The molecule has 1 saturated heterocycles. The standard InChI is InChI=1S/C15H16BrF2NO3/c1-2-22-15(21)12-8-19(14(20)13(17)18)7-11(12)9-3-5-10(16)6-4-9/h3-6,11-13H,2,7-8H2,1H3. The largest absolute Gasteiger partial charge is 0.466 e. The van der Waals surface area contributed by atoms with Crippen LogP contribution in [0.3, 0.4) is 0 Å². The number of halogens is 3. The van der Waals surface area contributed by atoms with E-state index in [2.05, 4.69) is 15.9 Å². The van der Waals surface area contributed by atoms with Crippen LogP contribution in [-0.2, 0) is 14.3 Å². The van der Waals surface area contributed by atoms with Crippen LogP contribution >= 0.6 is 15.9 Å². The Labute approximate surface area is 135 Å². The lowest BCUT2D eigenvalue weighted by Gasteiger charge is -2.17. The van der Waals surface area contributed by atoms with Crippen molar-refractivity contribution < 1.29 is 23.1 Å². The molecule has 0 spiro atoms. The van der Waals surface area contributed by atoms with Crippen LogP contribution < -0.4 is 0 Å². The molecule has 120 valence electrons. The Morgan fingerprint density at radius 2 is 1.95 bits per heavy atom. The van der Waals surface area contributed by atoms with Crippen molar-refractivity contribution in [2.45, 2.75) is 19.3 Å². The molecule has 1 amide bonds. The van der Waals surface area contributed by atoms with Crippen molar-refractivity contribution in [1.82, 2.24) is 4.90 Å². The van der Waals surface area contributed by atoms with Crippen LogP contribution in [0.25, 0.3) is 0 Å². The number of nitrogens with zero attached hydrogens (tertiary/aromatic N) is 1. The third kappa shape index (κ3) is 3.63. The summed E-state index contributed by atoms with van der Waals surface area (Å²) in [7, 11) is 0. The van der Waals surface area contributed by atoms with E-state index in [-0.39, 0.29) is 25.6 Å². The molecule has 1 aliphatic heterocycles. The minimum absolute atomic E-state index is 0.0390. The third-order valence-corrected chi connectivity index (χ3v) is 4.23. The Kier molecular flexibility index (Phi) is 5.50. The van der Waals surface area contributed by atoms with Gasteiger partial charge in [-0.3, -0.25) is 9.59 Å². The van der Waals surface area contributed by atoms with Crippen molar-refractivity contribution in [3.05, 3.63) is 34.3 Å². The van der Waals surface area contributed by atoms with Gasteiger partial charge in [-0.05, 0) is 24.6 Å². The lowest BCUT2D eigenvalue weighted by molar-refractivity contribution is -0.148. The van der Waals surface area contributed by atoms with Crippen molar-refractivity contribution in [1.29, 1.82) is 0 Å². The summed E-state index contributed by atoms with van der Waals surface area (Å²) in [6, 6.07) is 7.26. The SMILES string of the molecule is CCOC(=O)C1CN(C(=O)C(F)F)CC1c1ccc(Br)cc1. The Hall–Kier alpha value is -1.50. The number of rotatable bonds is 4. The fourth-order valence-corrected chi connectivity index (χ4v) is 2.92. The van der Waals surface area contributed by atoms with E-state index in [9.17, 15) is 18.4 Å². The molecule has 7 heteroatoms. The first-order valence-corrected chi connectivity index (χ1v) is 7.72. The summed E-state index contributed by atoms with van der Waals surface area (Å²) in [5.74, 6) is -2.66. The number of hydrogen-bond acceptors (Lipinski definition) is 3. The Bertz CT molecular complexity index is 550. The molecule has 0 aliphatic carbocycles. The molecule has 0 radical (unpaired) electrons. The summed E-state index contributed by atoms with van der Waals surface area (Å²) in [5, 5.41) is 0. The lowest BCUT2D eigenvalue weighted by Crippen LogP contribution is -2.34. The number of likely N-dealkylation sites (tertiary alicyclic amines) is 1. The fourth-order valence-electron chi connectivity index (χ4n) is 2.66. The Morgan fingerprint density at radius 1 is 1.32 bits per heavy atom. The maximum absolute atomic E-state index is 12.6. The molecule has 2 atom stereocenters. The van der Waals surface area contributed by atoms with Gasteiger partial charge in [0.15, 0.2) is 0 Å². The van der Waals surface area contributed by atoms with Gasteiger partial charge in [0, 0.05) is 23.5 Å². The second-order valence-electron chi connectivity index (χ2n) is 5.06. The van der Waals surface area contributed by atoms with Crippen LogP contribution in [0.5, 0.6) is 0 Å². The van der Waals surface area contributed by atoms with E-state index in [4.69, 9.17) is 4.74 Å². The van der Waals surface area contributed by atoms with Gasteiger partial charge in [0.05, 0.1) is 12.5 Å². The lowest BCUT2D eigenvalue weighted by atomic mass is 9.89. The van der Waals surface area contributed by atoms with E-state index in [1.54, 1.807) is 6.92 Å². The van der Waals surface area contributed by atoms with Gasteiger partial charge in [-0.15, -0.1) is 0 Å². The molecule has 1 heterocycles. The highest BCUT2D eigenvalue weighted by atomic mass is 79.9. The molecule has 1 fully saturated rings. The molecule has 4 nitrogen and oxygen atoms in total. The maximum Gasteiger partial charge on any atom is 0.315 e. The predicted molar refractivity (Wildman–Crippen MR) is 79.6 cm³/mol. The summed E-state index contributed by atoms with van der Waals surface area (Å²) >= 11 is 3.32. The normalized spacial score (nSPS) is 21.2. The monoisotopic (exact) mass is 375 g/mol. The number of hydrogen-bond donors (Lipinski definition) is 0. The predicted octanol–water partition coefficient (Wildman–Crippen LogP) is 2.82. The van der Waals surface area contributed by atoms with E-state index >= 15 is 0 Å². The van der Waals surface area contributed by atoms with Gasteiger partial charge in [0.25, 0.3) is 5.91 Å². The van der Waals surface area contributed by atoms with Crippen molar-refractivity contribution in [3.63, 3.8) is 0 Å². The molecular weight excluding hydrogens is 360 g/mol. The molecule has 2 unspecified atom stereocenters. The zero-order chi connectivity index (χ0) is 16.3. The van der Waals surface area contributed by atoms with Crippen LogP contribution in [0.15, 0.2) is 28.7 Å². The zero-order valence-corrected chi connectivity index (χ0v) is 13.6. The highest BCUT2D eigenvalue weighted by molar-refractivity contribution is 9.10. The van der Waals surface area contributed by atoms with E-state index in [1.165, 1.54) is 0 Å². The first-order chi connectivity index (χ1) is 10.4. The van der Waals surface area contributed by atoms with Gasteiger partial charge in [-0.1, -0.05) is 28.1 Å². The highest BCUT2D eigenvalue weighted by Gasteiger charge is 2.42. The quantitative estimate of drug-likeness (QED) is 0.760. The topological polar surface area (TPSA) is 46.6 Å². The van der Waals surface area contributed by atoms with Crippen LogP contribution in [0.4, 0.5) is 8.78 Å². The number of esters is 1. The van der Waals surface area contributed by atoms with Gasteiger partial charge < -0.3 is 9.64 Å². The highest BCUT2D eigenvalue weighted by Crippen LogP contribution is 2.34. The number of carbonyl (C=O) groups is 2. The molecule has 1 aromatic carbocycles. The second-order valence-corrected chi connectivity index (χ2v) is 5.98. The number of benzene rings is 1. The molecule has 0 saturated carbocycles. The van der Waals surface area contributed by atoms with Crippen molar-refractivity contribution in [2.24, 2.45) is 5.92 Å². The number of alkyl halides is 2. The number of carbonyl (C=O) groups excluding carboxylic acids is 2. The van der Waals surface area contributed by atoms with Gasteiger partial charge in [0.1, 0.15) is 0 Å². The van der Waals surface area contributed by atoms with Crippen molar-refractivity contribution in [3.8, 4) is 0 Å². The van der Waals surface area contributed by atoms with Crippen molar-refractivity contribution in [2.75, 3.05) is 19.7 Å². The number of ether oxygens (including phenoxy) is 1. The molecule has 0 N–H and O–H groups in total. The smallest absolute Gasteiger partial charge is 0.315 e. The van der Waals surface area contributed by atoms with Gasteiger partial charge >= 0.3 is 12.4 Å². The Morgan fingerprint density at radius 3 is 2.50 bits per heavy atom. The average Bonchev–Trinajstić information content (AvgIpc) is 2.92. The summed E-state index contributed by atoms with van der Waals surface area (Å²) in [6.07, 6.45) is -3.06. The van der Waals surface area contributed by atoms with Gasteiger partial charge in [0.2, 0.25) is 0 Å². The van der Waals surface area contributed by atoms with Gasteiger partial charge in [-0.25, -0.2) is 0 Å². The minimum atomic E-state index is -3.06. The molecule has 0 aromatic heterocycles. The molecule has 22 heavy (non-hydrogen) atoms. The maximum atomic E-state index is 12.6. The third-order valence-electron chi connectivity index (χ3n) is 3.71. The van der Waals surface area contributed by atoms with Crippen LogP contribution in [0, 0.1) is 5.92 Å². The molecular formula is C15H16BrF2NO3. The molecule has 0 bridgehead atoms. The van der Waals surface area contributed by atoms with Crippen molar-refractivity contribution >= 4 is 27.8 Å². The minimum Gasteiger partial charge on any atom is -0.466 e. The van der Waals surface area contributed by atoms with Gasteiger partial charge in [-0.2, -0.15) is 8.78 Å².